The molecule has 0 bridgehead atoms. The number of carbonyl (C=O) groups is 5. The molecule has 286 valence electrons. The van der Waals surface area contributed by atoms with Gasteiger partial charge in [0.05, 0.1) is 24.9 Å². The summed E-state index contributed by atoms with van der Waals surface area (Å²) < 4.78 is 17.6. The van der Waals surface area contributed by atoms with Crippen molar-refractivity contribution in [2.75, 3.05) is 19.0 Å². The van der Waals surface area contributed by atoms with E-state index in [4.69, 9.17) is 19.2 Å². The first-order valence-electron chi connectivity index (χ1n) is 18.4. The molecule has 1 aromatic carbocycles. The van der Waals surface area contributed by atoms with Gasteiger partial charge in [0.15, 0.2) is 5.13 Å². The minimum atomic E-state index is -1.47. The third-order valence-corrected chi connectivity index (χ3v) is 11.3. The van der Waals surface area contributed by atoms with E-state index >= 15 is 0 Å². The summed E-state index contributed by atoms with van der Waals surface area (Å²) in [6, 6.07) is 5.02. The Kier molecular flexibility index (Phi) is 10.7. The number of anilines is 1. The third kappa shape index (κ3) is 7.98. The standard InChI is InChI=1S/C38H44N6O9S/c1-21(45)39-36-41-30(20-54-36)29-17-32(26-14-13-24(51-2)15-28(26)40-29)52-25-16-31-33(46)43-38(35(48)49)18-22(38)9-6-4-3-5-7-12-27(34(47)44(31)19-25)42-37(50)53-23-10-8-11-23/h6,9,13-15,17,20,22-23,25,27,31H,3-5,7-8,10-12,16,18-19H2,1-2H3,(H,42,50)(H,43,46)(H,48,49)(H,39,41,45)/b9-6+. The highest BCUT2D eigenvalue weighted by Gasteiger charge is 2.61. The molecule has 4 aliphatic rings. The number of methoxy groups -OCH3 is 1. The van der Waals surface area contributed by atoms with Crippen LogP contribution in [0.15, 0.2) is 41.8 Å². The van der Waals surface area contributed by atoms with Gasteiger partial charge in [-0.1, -0.05) is 25.0 Å². The van der Waals surface area contributed by atoms with Gasteiger partial charge in [-0.05, 0) is 57.1 Å². The summed E-state index contributed by atoms with van der Waals surface area (Å²) in [5, 5.41) is 21.3. The lowest BCUT2D eigenvalue weighted by molar-refractivity contribution is -0.145. The lowest BCUT2D eigenvalue weighted by atomic mass is 9.96. The summed E-state index contributed by atoms with van der Waals surface area (Å²) in [6.07, 6.45) is 8.44. The Labute approximate surface area is 315 Å². The van der Waals surface area contributed by atoms with Crippen LogP contribution >= 0.6 is 11.3 Å². The molecule has 4 heterocycles. The predicted octanol–water partition coefficient (Wildman–Crippen LogP) is 4.80. The first-order valence-corrected chi connectivity index (χ1v) is 19.3. The van der Waals surface area contributed by atoms with Gasteiger partial charge < -0.3 is 40.2 Å². The summed E-state index contributed by atoms with van der Waals surface area (Å²) in [7, 11) is 1.55. The molecule has 1 saturated heterocycles. The van der Waals surface area contributed by atoms with Crippen molar-refractivity contribution in [2.45, 2.75) is 101 Å². The van der Waals surface area contributed by atoms with E-state index in [2.05, 4.69) is 20.9 Å². The second-order valence-corrected chi connectivity index (χ2v) is 15.2. The van der Waals surface area contributed by atoms with Crippen molar-refractivity contribution < 1.29 is 43.3 Å². The van der Waals surface area contributed by atoms with Crippen LogP contribution in [0.2, 0.25) is 0 Å². The van der Waals surface area contributed by atoms with Crippen molar-refractivity contribution in [3.05, 3.63) is 41.8 Å². The predicted molar refractivity (Wildman–Crippen MR) is 198 cm³/mol. The monoisotopic (exact) mass is 760 g/mol. The van der Waals surface area contributed by atoms with E-state index in [0.717, 1.165) is 38.5 Å². The first kappa shape index (κ1) is 37.1. The second-order valence-electron chi connectivity index (χ2n) is 14.4. The highest BCUT2D eigenvalue weighted by Crippen LogP contribution is 2.45. The number of carboxylic acid groups (broad SMARTS) is 1. The Morgan fingerprint density at radius 2 is 1.87 bits per heavy atom. The van der Waals surface area contributed by atoms with E-state index in [0.29, 0.717) is 51.8 Å². The Balaban J connectivity index is 1.20. The number of carbonyl (C=O) groups excluding carboxylic acids is 4. The fourth-order valence-electron chi connectivity index (χ4n) is 7.27. The van der Waals surface area contributed by atoms with E-state index in [9.17, 15) is 29.1 Å². The van der Waals surface area contributed by atoms with E-state index in [1.807, 2.05) is 12.2 Å². The van der Waals surface area contributed by atoms with E-state index in [1.165, 1.54) is 23.2 Å². The fourth-order valence-corrected chi connectivity index (χ4v) is 8.02. The molecule has 54 heavy (non-hydrogen) atoms. The van der Waals surface area contributed by atoms with Gasteiger partial charge in [-0.2, -0.15) is 0 Å². The van der Waals surface area contributed by atoms with Crippen LogP contribution in [-0.2, 0) is 23.9 Å². The lowest BCUT2D eigenvalue weighted by Crippen LogP contribution is -2.56. The van der Waals surface area contributed by atoms with Gasteiger partial charge in [-0.15, -0.1) is 11.3 Å². The quantitative estimate of drug-likeness (QED) is 0.230. The molecule has 0 spiro atoms. The maximum atomic E-state index is 14.4. The molecule has 15 nitrogen and oxygen atoms in total. The van der Waals surface area contributed by atoms with Crippen molar-refractivity contribution in [3.63, 3.8) is 0 Å². The molecule has 2 saturated carbocycles. The van der Waals surface area contributed by atoms with Crippen LogP contribution in [0.25, 0.3) is 22.3 Å². The molecule has 2 aromatic heterocycles. The number of nitrogens with zero attached hydrogens (tertiary/aromatic N) is 3. The van der Waals surface area contributed by atoms with Gasteiger partial charge in [0, 0.05) is 42.2 Å². The molecule has 2 aliphatic heterocycles. The number of hydrogen-bond donors (Lipinski definition) is 4. The summed E-state index contributed by atoms with van der Waals surface area (Å²) in [6.45, 7) is 1.39. The Morgan fingerprint density at radius 3 is 2.61 bits per heavy atom. The highest BCUT2D eigenvalue weighted by atomic mass is 32.1. The molecule has 4 amide bonds. The molecule has 5 atom stereocenters. The number of ether oxygens (including phenoxy) is 3. The normalized spacial score (nSPS) is 26.5. The largest absolute Gasteiger partial charge is 0.497 e. The molecule has 3 aromatic rings. The van der Waals surface area contributed by atoms with Crippen molar-refractivity contribution in [3.8, 4) is 22.9 Å². The minimum Gasteiger partial charge on any atom is -0.497 e. The number of allylic oxidation sites excluding steroid dienone is 1. The van der Waals surface area contributed by atoms with Crippen LogP contribution in [-0.4, -0.2) is 93.2 Å². The first-order chi connectivity index (χ1) is 26.0. The van der Waals surface area contributed by atoms with Crippen LogP contribution in [0.3, 0.4) is 0 Å². The summed E-state index contributed by atoms with van der Waals surface area (Å²) in [5.41, 5.74) is 0.0420. The molecular formula is C38H44N6O9S. The van der Waals surface area contributed by atoms with E-state index in [-0.39, 0.29) is 37.3 Å². The zero-order chi connectivity index (χ0) is 38.0. The second kappa shape index (κ2) is 15.6. The number of amides is 4. The molecule has 5 unspecified atom stereocenters. The zero-order valence-corrected chi connectivity index (χ0v) is 31.0. The number of carboxylic acids is 1. The number of nitrogens with one attached hydrogen (secondary N) is 3. The molecule has 3 fully saturated rings. The van der Waals surface area contributed by atoms with Crippen molar-refractivity contribution >= 4 is 57.2 Å². The molecule has 16 heteroatoms. The van der Waals surface area contributed by atoms with Crippen molar-refractivity contribution in [2.24, 2.45) is 5.92 Å². The van der Waals surface area contributed by atoms with E-state index < -0.39 is 47.6 Å². The lowest BCUT2D eigenvalue weighted by Gasteiger charge is -2.30. The van der Waals surface area contributed by atoms with Crippen LogP contribution in [0.1, 0.15) is 71.1 Å². The van der Waals surface area contributed by atoms with Gasteiger partial charge in [-0.25, -0.2) is 19.6 Å². The van der Waals surface area contributed by atoms with Gasteiger partial charge in [0.2, 0.25) is 17.7 Å². The Hall–Kier alpha value is -5.25. The molecule has 4 N–H and O–H groups in total. The number of alkyl carbamates (subject to hydrolysis) is 1. The Bertz CT molecular complexity index is 1980. The fraction of sp³-hybridized carbons (Fsp3) is 0.500. The van der Waals surface area contributed by atoms with Crippen LogP contribution in [0.4, 0.5) is 9.93 Å². The van der Waals surface area contributed by atoms with Gasteiger partial charge in [-0.3, -0.25) is 14.4 Å². The average molecular weight is 761 g/mol. The van der Waals surface area contributed by atoms with Crippen LogP contribution < -0.4 is 25.4 Å². The topological polar surface area (TPSA) is 198 Å². The van der Waals surface area contributed by atoms with Crippen LogP contribution in [0.5, 0.6) is 11.5 Å². The van der Waals surface area contributed by atoms with Gasteiger partial charge >= 0.3 is 12.1 Å². The highest BCUT2D eigenvalue weighted by molar-refractivity contribution is 7.14. The summed E-state index contributed by atoms with van der Waals surface area (Å²) >= 11 is 1.25. The van der Waals surface area contributed by atoms with Gasteiger partial charge in [0.1, 0.15) is 47.0 Å². The van der Waals surface area contributed by atoms with Crippen LogP contribution in [0, 0.1) is 5.92 Å². The number of hydrogen-bond acceptors (Lipinski definition) is 11. The maximum absolute atomic E-state index is 14.4. The van der Waals surface area contributed by atoms with Crippen molar-refractivity contribution in [1.82, 2.24) is 25.5 Å². The molecular weight excluding hydrogens is 717 g/mol. The number of pyridine rings is 1. The number of thiazole rings is 1. The third-order valence-electron chi connectivity index (χ3n) is 10.6. The minimum absolute atomic E-state index is 0.00510. The van der Waals surface area contributed by atoms with Crippen molar-refractivity contribution in [1.29, 1.82) is 0 Å². The molecule has 2 aliphatic carbocycles. The molecule has 0 radical (unpaired) electrons. The number of aromatic nitrogens is 2. The number of benzene rings is 1. The average Bonchev–Trinajstić information content (AvgIpc) is 3.40. The summed E-state index contributed by atoms with van der Waals surface area (Å²) in [5.74, 6) is -1.83. The number of rotatable bonds is 8. The Morgan fingerprint density at radius 1 is 1.04 bits per heavy atom. The smallest absolute Gasteiger partial charge is 0.408 e. The maximum Gasteiger partial charge on any atom is 0.408 e. The number of fused-ring (bicyclic) bond motifs is 3. The van der Waals surface area contributed by atoms with Gasteiger partial charge in [0.25, 0.3) is 0 Å². The summed E-state index contributed by atoms with van der Waals surface area (Å²) in [4.78, 5) is 76.4. The zero-order valence-electron chi connectivity index (χ0n) is 30.2. The van der Waals surface area contributed by atoms with E-state index in [1.54, 1.807) is 36.8 Å². The molecule has 7 rings (SSSR count). The SMILES string of the molecule is COc1ccc2c(OC3CC4C(=O)NC5(C(=O)O)CC5/C=C/CCCCCC(NC(=O)OC5CCC5)C(=O)N4C3)cc(-c3csc(NC(C)=O)n3)nc2c1. The number of aliphatic carboxylic acids is 1.